The average molecular weight is 288 g/mol. The summed E-state index contributed by atoms with van der Waals surface area (Å²) in [7, 11) is 0. The fourth-order valence-electron chi connectivity index (χ4n) is 2.03. The Morgan fingerprint density at radius 3 is 2.60 bits per heavy atom. The van der Waals surface area contributed by atoms with Gasteiger partial charge in [0.05, 0.1) is 0 Å². The molecular weight excluding hydrogens is 277 g/mol. The summed E-state index contributed by atoms with van der Waals surface area (Å²) in [6.07, 6.45) is 0. The lowest BCUT2D eigenvalue weighted by Crippen LogP contribution is -2.03. The SMILES string of the molecule is Fc1cccc(CNc2nnc(Cl)c3ccccc23)c1. The van der Waals surface area contributed by atoms with Gasteiger partial charge in [-0.25, -0.2) is 4.39 Å². The summed E-state index contributed by atoms with van der Waals surface area (Å²) < 4.78 is 13.1. The summed E-state index contributed by atoms with van der Waals surface area (Å²) in [5.41, 5.74) is 0.839. The highest BCUT2D eigenvalue weighted by Crippen LogP contribution is 2.25. The molecule has 100 valence electrons. The standard InChI is InChI=1S/C15H11ClFN3/c16-14-12-6-1-2-7-13(12)15(20-19-14)18-9-10-4-3-5-11(17)8-10/h1-8H,9H2,(H,18,20). The fraction of sp³-hybridized carbons (Fsp3) is 0.0667. The van der Waals surface area contributed by atoms with Crippen LogP contribution in [0.15, 0.2) is 48.5 Å². The maximum absolute atomic E-state index is 13.1. The average Bonchev–Trinajstić information content (AvgIpc) is 2.47. The number of hydrogen-bond acceptors (Lipinski definition) is 3. The van der Waals surface area contributed by atoms with Crippen molar-refractivity contribution in [3.05, 3.63) is 65.1 Å². The van der Waals surface area contributed by atoms with Gasteiger partial charge in [0.2, 0.25) is 0 Å². The van der Waals surface area contributed by atoms with Crippen molar-refractivity contribution < 1.29 is 4.39 Å². The normalized spacial score (nSPS) is 10.7. The Balaban J connectivity index is 1.90. The van der Waals surface area contributed by atoms with Crippen LogP contribution in [0.3, 0.4) is 0 Å². The molecule has 1 heterocycles. The van der Waals surface area contributed by atoms with Crippen molar-refractivity contribution in [1.29, 1.82) is 0 Å². The predicted octanol–water partition coefficient (Wildman–Crippen LogP) is 4.03. The molecule has 0 spiro atoms. The van der Waals surface area contributed by atoms with E-state index in [-0.39, 0.29) is 5.82 Å². The topological polar surface area (TPSA) is 37.8 Å². The third-order valence-corrected chi connectivity index (χ3v) is 3.27. The van der Waals surface area contributed by atoms with Crippen LogP contribution in [0.25, 0.3) is 10.8 Å². The summed E-state index contributed by atoms with van der Waals surface area (Å²) in [5.74, 6) is 0.380. The molecule has 0 fully saturated rings. The number of rotatable bonds is 3. The maximum Gasteiger partial charge on any atom is 0.159 e. The lowest BCUT2D eigenvalue weighted by Gasteiger charge is -2.08. The minimum Gasteiger partial charge on any atom is -0.364 e. The highest BCUT2D eigenvalue weighted by atomic mass is 35.5. The summed E-state index contributed by atoms with van der Waals surface area (Å²) in [4.78, 5) is 0. The van der Waals surface area contributed by atoms with Gasteiger partial charge in [-0.15, -0.1) is 10.2 Å². The molecule has 1 aromatic heterocycles. The first-order valence-corrected chi connectivity index (χ1v) is 6.51. The maximum atomic E-state index is 13.1. The van der Waals surface area contributed by atoms with E-state index in [9.17, 15) is 4.39 Å². The third kappa shape index (κ3) is 2.56. The molecule has 0 aliphatic rings. The van der Waals surface area contributed by atoms with Gasteiger partial charge in [0.25, 0.3) is 0 Å². The monoisotopic (exact) mass is 287 g/mol. The minimum absolute atomic E-state index is 0.253. The number of aromatic nitrogens is 2. The highest BCUT2D eigenvalue weighted by molar-refractivity contribution is 6.34. The van der Waals surface area contributed by atoms with E-state index in [4.69, 9.17) is 11.6 Å². The van der Waals surface area contributed by atoms with Gasteiger partial charge < -0.3 is 5.32 Å². The molecule has 3 aromatic rings. The van der Waals surface area contributed by atoms with Crippen molar-refractivity contribution in [2.45, 2.75) is 6.54 Å². The van der Waals surface area contributed by atoms with Crippen molar-refractivity contribution in [2.24, 2.45) is 0 Å². The number of fused-ring (bicyclic) bond motifs is 1. The van der Waals surface area contributed by atoms with E-state index in [0.29, 0.717) is 17.5 Å². The first kappa shape index (κ1) is 12.8. The van der Waals surface area contributed by atoms with Crippen molar-refractivity contribution in [2.75, 3.05) is 5.32 Å². The second kappa shape index (κ2) is 5.43. The molecule has 0 aliphatic heterocycles. The van der Waals surface area contributed by atoms with Crippen LogP contribution < -0.4 is 5.32 Å². The molecule has 0 radical (unpaired) electrons. The van der Waals surface area contributed by atoms with E-state index in [1.54, 1.807) is 6.07 Å². The molecule has 0 saturated carbocycles. The summed E-state index contributed by atoms with van der Waals surface area (Å²) in [6.45, 7) is 0.470. The number of anilines is 1. The van der Waals surface area contributed by atoms with Crippen molar-refractivity contribution in [1.82, 2.24) is 10.2 Å². The molecule has 0 bridgehead atoms. The molecule has 0 saturated heterocycles. The smallest absolute Gasteiger partial charge is 0.159 e. The first-order chi connectivity index (χ1) is 9.74. The lowest BCUT2D eigenvalue weighted by atomic mass is 10.2. The zero-order valence-electron chi connectivity index (χ0n) is 10.5. The highest BCUT2D eigenvalue weighted by Gasteiger charge is 2.07. The quantitative estimate of drug-likeness (QED) is 0.790. The molecule has 5 heteroatoms. The van der Waals surface area contributed by atoms with E-state index >= 15 is 0 Å². The van der Waals surface area contributed by atoms with E-state index in [1.807, 2.05) is 30.3 Å². The van der Waals surface area contributed by atoms with Gasteiger partial charge in [-0.1, -0.05) is 48.0 Å². The Labute approximate surface area is 120 Å². The first-order valence-electron chi connectivity index (χ1n) is 6.13. The molecule has 20 heavy (non-hydrogen) atoms. The van der Waals surface area contributed by atoms with Gasteiger partial charge in [0.15, 0.2) is 11.0 Å². The van der Waals surface area contributed by atoms with Gasteiger partial charge in [0, 0.05) is 17.3 Å². The van der Waals surface area contributed by atoms with Gasteiger partial charge in [-0.2, -0.15) is 0 Å². The molecular formula is C15H11ClFN3. The second-order valence-corrected chi connectivity index (χ2v) is 4.73. The minimum atomic E-state index is -0.253. The van der Waals surface area contributed by atoms with Crippen LogP contribution in [0.2, 0.25) is 5.15 Å². The van der Waals surface area contributed by atoms with Gasteiger partial charge in [-0.3, -0.25) is 0 Å². The number of nitrogens with zero attached hydrogens (tertiary/aromatic N) is 2. The van der Waals surface area contributed by atoms with Gasteiger partial charge in [-0.05, 0) is 17.7 Å². The van der Waals surface area contributed by atoms with Crippen molar-refractivity contribution in [3.8, 4) is 0 Å². The summed E-state index contributed by atoms with van der Waals surface area (Å²) in [5, 5.41) is 13.2. The van der Waals surface area contributed by atoms with Gasteiger partial charge in [0.1, 0.15) is 5.82 Å². The van der Waals surface area contributed by atoms with Crippen LogP contribution in [0.5, 0.6) is 0 Å². The Kier molecular flexibility index (Phi) is 3.48. The Hall–Kier alpha value is -2.20. The summed E-state index contributed by atoms with van der Waals surface area (Å²) >= 11 is 6.02. The molecule has 0 unspecified atom stereocenters. The lowest BCUT2D eigenvalue weighted by molar-refractivity contribution is 0.626. The zero-order chi connectivity index (χ0) is 13.9. The van der Waals surface area contributed by atoms with Crippen LogP contribution in [0.1, 0.15) is 5.56 Å². The van der Waals surface area contributed by atoms with Gasteiger partial charge >= 0.3 is 0 Å². The van der Waals surface area contributed by atoms with E-state index < -0.39 is 0 Å². The van der Waals surface area contributed by atoms with Crippen LogP contribution in [0.4, 0.5) is 10.2 Å². The van der Waals surface area contributed by atoms with E-state index in [1.165, 1.54) is 12.1 Å². The van der Waals surface area contributed by atoms with E-state index in [0.717, 1.165) is 16.3 Å². The zero-order valence-corrected chi connectivity index (χ0v) is 11.2. The molecule has 0 aliphatic carbocycles. The number of halogens is 2. The van der Waals surface area contributed by atoms with Crippen LogP contribution in [0, 0.1) is 5.82 Å². The van der Waals surface area contributed by atoms with Crippen molar-refractivity contribution in [3.63, 3.8) is 0 Å². The molecule has 1 N–H and O–H groups in total. The molecule has 3 rings (SSSR count). The number of nitrogens with one attached hydrogen (secondary N) is 1. The molecule has 2 aromatic carbocycles. The summed E-state index contributed by atoms with van der Waals surface area (Å²) in [6, 6.07) is 14.0. The molecule has 3 nitrogen and oxygen atoms in total. The van der Waals surface area contributed by atoms with Crippen LogP contribution in [-0.4, -0.2) is 10.2 Å². The Bertz CT molecular complexity index is 761. The number of benzene rings is 2. The third-order valence-electron chi connectivity index (χ3n) is 2.99. The molecule has 0 atom stereocenters. The van der Waals surface area contributed by atoms with E-state index in [2.05, 4.69) is 15.5 Å². The number of hydrogen-bond donors (Lipinski definition) is 1. The van der Waals surface area contributed by atoms with Crippen molar-refractivity contribution >= 4 is 28.2 Å². The predicted molar refractivity (Wildman–Crippen MR) is 78.3 cm³/mol. The van der Waals surface area contributed by atoms with Crippen LogP contribution in [-0.2, 0) is 6.54 Å². The Morgan fingerprint density at radius 1 is 1.00 bits per heavy atom. The largest absolute Gasteiger partial charge is 0.364 e. The fourth-order valence-corrected chi connectivity index (χ4v) is 2.24. The molecule has 0 amide bonds. The second-order valence-electron chi connectivity index (χ2n) is 4.37. The Morgan fingerprint density at radius 2 is 1.80 bits per heavy atom. The van der Waals surface area contributed by atoms with Crippen LogP contribution >= 0.6 is 11.6 Å².